The Morgan fingerprint density at radius 1 is 1.19 bits per heavy atom. The van der Waals surface area contributed by atoms with Gasteiger partial charge in [0.25, 0.3) is 5.69 Å². The van der Waals surface area contributed by atoms with E-state index in [-0.39, 0.29) is 23.2 Å². The molecule has 1 fully saturated rings. The molecule has 0 saturated heterocycles. The molecular weight excluding hydrogens is 356 g/mol. The van der Waals surface area contributed by atoms with Gasteiger partial charge in [-0.2, -0.15) is 0 Å². The van der Waals surface area contributed by atoms with Gasteiger partial charge in [-0.3, -0.25) is 10.1 Å². The zero-order chi connectivity index (χ0) is 19.2. The fraction of sp³-hybridized carbons (Fsp3) is 0.647. The normalized spacial score (nSPS) is 16.4. The van der Waals surface area contributed by atoms with Crippen LogP contribution in [-0.4, -0.2) is 51.5 Å². The Hall–Kier alpha value is -1.71. The number of rotatable bonds is 8. The Morgan fingerprint density at radius 3 is 2.42 bits per heavy atom. The van der Waals surface area contributed by atoms with Crippen molar-refractivity contribution in [3.8, 4) is 0 Å². The summed E-state index contributed by atoms with van der Waals surface area (Å²) in [6.07, 6.45) is 6.54. The molecule has 0 aromatic heterocycles. The highest BCUT2D eigenvalue weighted by Crippen LogP contribution is 2.30. The van der Waals surface area contributed by atoms with Gasteiger partial charge in [-0.15, -0.1) is 0 Å². The number of sulfonamides is 1. The quantitative estimate of drug-likeness (QED) is 0.405. The van der Waals surface area contributed by atoms with Gasteiger partial charge >= 0.3 is 0 Å². The van der Waals surface area contributed by atoms with Crippen LogP contribution in [0.2, 0.25) is 0 Å². The predicted molar refractivity (Wildman–Crippen MR) is 102 cm³/mol. The maximum atomic E-state index is 12.4. The number of anilines is 1. The topological polar surface area (TPSA) is 105 Å². The zero-order valence-electron chi connectivity index (χ0n) is 15.4. The average molecular weight is 385 g/mol. The summed E-state index contributed by atoms with van der Waals surface area (Å²) in [5.74, 6) is 0. The number of nitrogens with zero attached hydrogens (tertiary/aromatic N) is 2. The van der Waals surface area contributed by atoms with Crippen LogP contribution in [0, 0.1) is 10.1 Å². The average Bonchev–Trinajstić information content (AvgIpc) is 2.83. The molecule has 1 saturated carbocycles. The molecule has 1 aliphatic carbocycles. The van der Waals surface area contributed by atoms with Crippen LogP contribution in [0.1, 0.15) is 38.5 Å². The molecule has 2 rings (SSSR count). The standard InChI is InChI=1S/C17H28N4O4S/c1-20(2)12-11-18-26(24,25)15-9-10-16(17(13-15)21(22)23)19-14-7-5-3-4-6-8-14/h9-10,13-14,18-19H,3-8,11-12H2,1-2H3. The summed E-state index contributed by atoms with van der Waals surface area (Å²) in [5.41, 5.74) is 0.180. The molecule has 146 valence electrons. The Balaban J connectivity index is 2.18. The Bertz CT molecular complexity index is 713. The molecule has 0 amide bonds. The first-order valence-corrected chi connectivity index (χ1v) is 10.5. The van der Waals surface area contributed by atoms with Crippen molar-refractivity contribution in [1.29, 1.82) is 0 Å². The molecule has 0 bridgehead atoms. The minimum atomic E-state index is -3.78. The number of benzene rings is 1. The monoisotopic (exact) mass is 384 g/mol. The Morgan fingerprint density at radius 2 is 1.85 bits per heavy atom. The van der Waals surface area contributed by atoms with Crippen LogP contribution in [0.25, 0.3) is 0 Å². The van der Waals surface area contributed by atoms with Crippen LogP contribution >= 0.6 is 0 Å². The van der Waals surface area contributed by atoms with Crippen molar-refractivity contribution >= 4 is 21.4 Å². The third-order valence-electron chi connectivity index (χ3n) is 4.54. The van der Waals surface area contributed by atoms with E-state index in [0.29, 0.717) is 12.2 Å². The van der Waals surface area contributed by atoms with Crippen molar-refractivity contribution in [3.05, 3.63) is 28.3 Å². The van der Waals surface area contributed by atoms with E-state index in [1.165, 1.54) is 25.0 Å². The van der Waals surface area contributed by atoms with E-state index >= 15 is 0 Å². The fourth-order valence-corrected chi connectivity index (χ4v) is 4.12. The molecule has 0 atom stereocenters. The first-order chi connectivity index (χ1) is 12.3. The van der Waals surface area contributed by atoms with Crippen molar-refractivity contribution in [1.82, 2.24) is 9.62 Å². The number of likely N-dealkylation sites (N-methyl/N-ethyl adjacent to an activating group) is 1. The lowest BCUT2D eigenvalue weighted by Crippen LogP contribution is -2.31. The summed E-state index contributed by atoms with van der Waals surface area (Å²) in [6, 6.07) is 4.25. The summed E-state index contributed by atoms with van der Waals surface area (Å²) in [6.45, 7) is 0.786. The third kappa shape index (κ3) is 5.93. The molecule has 2 N–H and O–H groups in total. The molecule has 0 heterocycles. The smallest absolute Gasteiger partial charge is 0.293 e. The van der Waals surface area contributed by atoms with Gasteiger partial charge in [0.05, 0.1) is 9.82 Å². The lowest BCUT2D eigenvalue weighted by molar-refractivity contribution is -0.384. The highest BCUT2D eigenvalue weighted by molar-refractivity contribution is 7.89. The van der Waals surface area contributed by atoms with E-state index in [1.54, 1.807) is 0 Å². The maximum absolute atomic E-state index is 12.4. The summed E-state index contributed by atoms with van der Waals surface area (Å²) in [5, 5.41) is 14.7. The number of hydrogen-bond acceptors (Lipinski definition) is 6. The van der Waals surface area contributed by atoms with Crippen molar-refractivity contribution in [2.45, 2.75) is 49.5 Å². The fourth-order valence-electron chi connectivity index (χ4n) is 3.08. The van der Waals surface area contributed by atoms with E-state index in [4.69, 9.17) is 0 Å². The van der Waals surface area contributed by atoms with E-state index in [1.807, 2.05) is 19.0 Å². The van der Waals surface area contributed by atoms with Crippen LogP contribution in [0.4, 0.5) is 11.4 Å². The lowest BCUT2D eigenvalue weighted by Gasteiger charge is -2.18. The molecule has 1 aromatic rings. The van der Waals surface area contributed by atoms with E-state index in [2.05, 4.69) is 10.0 Å². The van der Waals surface area contributed by atoms with Gasteiger partial charge < -0.3 is 10.2 Å². The molecule has 1 aromatic carbocycles. The first kappa shape index (κ1) is 20.6. The summed E-state index contributed by atoms with van der Waals surface area (Å²) < 4.78 is 27.2. The van der Waals surface area contributed by atoms with Crippen molar-refractivity contribution in [2.75, 3.05) is 32.5 Å². The molecule has 9 heteroatoms. The molecule has 26 heavy (non-hydrogen) atoms. The Labute approximate surface area is 155 Å². The second-order valence-electron chi connectivity index (χ2n) is 6.97. The van der Waals surface area contributed by atoms with Crippen LogP contribution < -0.4 is 10.0 Å². The second kappa shape index (κ2) is 9.29. The van der Waals surface area contributed by atoms with Crippen LogP contribution in [0.3, 0.4) is 0 Å². The van der Waals surface area contributed by atoms with Crippen molar-refractivity contribution in [3.63, 3.8) is 0 Å². The maximum Gasteiger partial charge on any atom is 0.293 e. The number of nitrogens with one attached hydrogen (secondary N) is 2. The Kier molecular flexibility index (Phi) is 7.36. The summed E-state index contributed by atoms with van der Waals surface area (Å²) in [4.78, 5) is 12.7. The molecule has 1 aliphatic rings. The van der Waals surface area contributed by atoms with Crippen LogP contribution in [-0.2, 0) is 10.0 Å². The molecule has 8 nitrogen and oxygen atoms in total. The van der Waals surface area contributed by atoms with Gasteiger partial charge in [-0.25, -0.2) is 13.1 Å². The van der Waals surface area contributed by atoms with Gasteiger partial charge in [0.1, 0.15) is 5.69 Å². The highest BCUT2D eigenvalue weighted by Gasteiger charge is 2.23. The van der Waals surface area contributed by atoms with E-state index < -0.39 is 14.9 Å². The van der Waals surface area contributed by atoms with Crippen molar-refractivity contribution < 1.29 is 13.3 Å². The van der Waals surface area contributed by atoms with Gasteiger partial charge in [-0.1, -0.05) is 25.7 Å². The summed E-state index contributed by atoms with van der Waals surface area (Å²) in [7, 11) is -0.0958. The van der Waals surface area contributed by atoms with Gasteiger partial charge in [-0.05, 0) is 39.1 Å². The van der Waals surface area contributed by atoms with Gasteiger partial charge in [0.15, 0.2) is 0 Å². The van der Waals surface area contributed by atoms with Gasteiger partial charge in [0, 0.05) is 25.2 Å². The lowest BCUT2D eigenvalue weighted by atomic mass is 10.1. The molecule has 0 aliphatic heterocycles. The molecule has 0 unspecified atom stereocenters. The largest absolute Gasteiger partial charge is 0.377 e. The minimum Gasteiger partial charge on any atom is -0.377 e. The van der Waals surface area contributed by atoms with E-state index in [9.17, 15) is 18.5 Å². The summed E-state index contributed by atoms with van der Waals surface area (Å²) >= 11 is 0. The predicted octanol–water partition coefficient (Wildman–Crippen LogP) is 2.57. The molecule has 0 spiro atoms. The second-order valence-corrected chi connectivity index (χ2v) is 8.74. The highest BCUT2D eigenvalue weighted by atomic mass is 32.2. The minimum absolute atomic E-state index is 0.0885. The zero-order valence-corrected chi connectivity index (χ0v) is 16.2. The number of hydrogen-bond donors (Lipinski definition) is 2. The molecule has 0 radical (unpaired) electrons. The van der Waals surface area contributed by atoms with Gasteiger partial charge in [0.2, 0.25) is 10.0 Å². The first-order valence-electron chi connectivity index (χ1n) is 8.99. The van der Waals surface area contributed by atoms with Crippen LogP contribution in [0.5, 0.6) is 0 Å². The SMILES string of the molecule is CN(C)CCNS(=O)(=O)c1ccc(NC2CCCCCC2)c([N+](=O)[O-])c1. The molecular formula is C17H28N4O4S. The number of nitro groups is 1. The van der Waals surface area contributed by atoms with E-state index in [0.717, 1.165) is 31.7 Å². The number of nitro benzene ring substituents is 1. The van der Waals surface area contributed by atoms with Crippen molar-refractivity contribution in [2.24, 2.45) is 0 Å². The third-order valence-corrected chi connectivity index (χ3v) is 6.00. The van der Waals surface area contributed by atoms with Crippen LogP contribution in [0.15, 0.2) is 23.1 Å².